The highest BCUT2D eigenvalue weighted by Gasteiger charge is 2.17. The van der Waals surface area contributed by atoms with E-state index in [1.807, 2.05) is 37.1 Å². The summed E-state index contributed by atoms with van der Waals surface area (Å²) >= 11 is 0. The summed E-state index contributed by atoms with van der Waals surface area (Å²) in [6, 6.07) is 5.42. The van der Waals surface area contributed by atoms with E-state index in [2.05, 4.69) is 19.9 Å². The summed E-state index contributed by atoms with van der Waals surface area (Å²) in [4.78, 5) is 43.7. The van der Waals surface area contributed by atoms with Gasteiger partial charge in [0.1, 0.15) is 0 Å². The first-order valence-corrected chi connectivity index (χ1v) is 9.21. The Morgan fingerprint density at radius 1 is 1.21 bits per heavy atom. The number of nitrogens with two attached hydrogens (primary N) is 1. The van der Waals surface area contributed by atoms with Crippen LogP contribution in [-0.4, -0.2) is 48.7 Å². The molecule has 0 aliphatic carbocycles. The Labute approximate surface area is 165 Å². The van der Waals surface area contributed by atoms with Gasteiger partial charge in [0, 0.05) is 39.1 Å². The second-order valence-electron chi connectivity index (χ2n) is 7.23. The van der Waals surface area contributed by atoms with Crippen LogP contribution in [0.1, 0.15) is 12.5 Å². The summed E-state index contributed by atoms with van der Waals surface area (Å²) in [5, 5.41) is 0. The fourth-order valence-corrected chi connectivity index (χ4v) is 3.37. The molecule has 29 heavy (non-hydrogen) atoms. The summed E-state index contributed by atoms with van der Waals surface area (Å²) in [6.07, 6.45) is 3.22. The number of aromatic nitrogens is 6. The number of nitrogens with zero attached hydrogens (tertiary/aromatic N) is 6. The Hall–Kier alpha value is -3.53. The molecule has 150 valence electrons. The zero-order valence-electron chi connectivity index (χ0n) is 16.5. The number of anilines is 1. The second kappa shape index (κ2) is 7.13. The molecule has 10 nitrogen and oxygen atoms in total. The number of likely N-dealkylation sites (N-methyl/N-ethyl adjacent to an activating group) is 1. The van der Waals surface area contributed by atoms with Crippen molar-refractivity contribution >= 4 is 28.1 Å². The van der Waals surface area contributed by atoms with Crippen LogP contribution >= 0.6 is 0 Å². The van der Waals surface area contributed by atoms with Gasteiger partial charge in [-0.15, -0.1) is 0 Å². The number of imidazole rings is 1. The maximum absolute atomic E-state index is 13.0. The Morgan fingerprint density at radius 2 is 1.93 bits per heavy atom. The Morgan fingerprint density at radius 3 is 2.66 bits per heavy atom. The quantitative estimate of drug-likeness (QED) is 0.495. The van der Waals surface area contributed by atoms with Gasteiger partial charge < -0.3 is 15.6 Å². The van der Waals surface area contributed by atoms with E-state index in [4.69, 9.17) is 5.73 Å². The summed E-state index contributed by atoms with van der Waals surface area (Å²) in [5.41, 5.74) is 7.82. The molecule has 3 heterocycles. The first kappa shape index (κ1) is 18.8. The Kier molecular flexibility index (Phi) is 4.63. The topological polar surface area (TPSA) is 128 Å². The maximum atomic E-state index is 13.0. The predicted octanol–water partition coefficient (Wildman–Crippen LogP) is 0.198. The summed E-state index contributed by atoms with van der Waals surface area (Å²) in [6.45, 7) is 2.56. The molecule has 3 aromatic heterocycles. The molecule has 0 unspecified atom stereocenters. The van der Waals surface area contributed by atoms with Crippen molar-refractivity contribution in [2.75, 3.05) is 18.5 Å². The molecular weight excluding hydrogens is 372 g/mol. The van der Waals surface area contributed by atoms with Crippen molar-refractivity contribution in [2.45, 2.75) is 19.5 Å². The molecule has 0 aliphatic heterocycles. The van der Waals surface area contributed by atoms with Crippen LogP contribution in [0.2, 0.25) is 0 Å². The predicted molar refractivity (Wildman–Crippen MR) is 111 cm³/mol. The molecule has 1 aromatic carbocycles. The number of aryl methyl sites for hydroxylation is 1. The summed E-state index contributed by atoms with van der Waals surface area (Å²) < 4.78 is 2.56. The Balaban J connectivity index is 1.79. The first-order chi connectivity index (χ1) is 13.8. The summed E-state index contributed by atoms with van der Waals surface area (Å²) in [5.74, 6) is 0.489. The third-order valence-corrected chi connectivity index (χ3v) is 4.76. The minimum Gasteiger partial charge on any atom is -0.344 e. The smallest absolute Gasteiger partial charge is 0.332 e. The molecule has 0 radical (unpaired) electrons. The van der Waals surface area contributed by atoms with Gasteiger partial charge in [-0.25, -0.2) is 4.79 Å². The van der Waals surface area contributed by atoms with Crippen LogP contribution in [0.4, 0.5) is 5.95 Å². The van der Waals surface area contributed by atoms with Crippen LogP contribution in [0.5, 0.6) is 0 Å². The highest BCUT2D eigenvalue weighted by atomic mass is 16.2. The second-order valence-corrected chi connectivity index (χ2v) is 7.23. The number of benzene rings is 1. The molecule has 0 saturated carbocycles. The van der Waals surface area contributed by atoms with Crippen LogP contribution < -0.4 is 21.9 Å². The molecule has 0 saturated heterocycles. The third kappa shape index (κ3) is 3.38. The van der Waals surface area contributed by atoms with E-state index in [1.54, 1.807) is 19.4 Å². The standard InChI is InChI=1S/C19H22N8O2/c1-11(20)9-25(2)18-23-15-16(24-18)26(3)19(29)27(17(15)28)10-12-4-5-13-14(8-12)22-7-6-21-13/h4-8,11H,9-10,20H2,1-3H3,(H,23,24)/t11-/m0/s1. The lowest BCUT2D eigenvalue weighted by Crippen LogP contribution is -2.39. The SMILES string of the molecule is C[C@H](N)CN(C)c1nc2c([nH]1)c(=O)n(Cc1ccc3nccnc3c1)c(=O)n2C. The average molecular weight is 394 g/mol. The van der Waals surface area contributed by atoms with Crippen molar-refractivity contribution in [3.8, 4) is 0 Å². The van der Waals surface area contributed by atoms with Crippen molar-refractivity contribution in [3.05, 3.63) is 57.0 Å². The van der Waals surface area contributed by atoms with E-state index in [9.17, 15) is 9.59 Å². The molecule has 1 atom stereocenters. The van der Waals surface area contributed by atoms with E-state index < -0.39 is 11.2 Å². The van der Waals surface area contributed by atoms with E-state index in [-0.39, 0.29) is 18.1 Å². The van der Waals surface area contributed by atoms with Crippen molar-refractivity contribution in [2.24, 2.45) is 12.8 Å². The maximum Gasteiger partial charge on any atom is 0.332 e. The fourth-order valence-electron chi connectivity index (χ4n) is 3.37. The molecule has 3 N–H and O–H groups in total. The normalized spacial score (nSPS) is 12.6. The highest BCUT2D eigenvalue weighted by Crippen LogP contribution is 2.14. The lowest BCUT2D eigenvalue weighted by molar-refractivity contribution is 0.657. The van der Waals surface area contributed by atoms with Crippen LogP contribution in [0, 0.1) is 0 Å². The fraction of sp³-hybridized carbons (Fsp3) is 0.316. The van der Waals surface area contributed by atoms with Crippen LogP contribution in [-0.2, 0) is 13.6 Å². The molecule has 0 fully saturated rings. The third-order valence-electron chi connectivity index (χ3n) is 4.76. The van der Waals surface area contributed by atoms with Gasteiger partial charge in [0.05, 0.1) is 17.6 Å². The van der Waals surface area contributed by atoms with Crippen molar-refractivity contribution < 1.29 is 0 Å². The van der Waals surface area contributed by atoms with Gasteiger partial charge in [-0.3, -0.25) is 23.9 Å². The number of fused-ring (bicyclic) bond motifs is 2. The van der Waals surface area contributed by atoms with E-state index in [1.165, 1.54) is 9.13 Å². The molecule has 0 bridgehead atoms. The molecule has 10 heteroatoms. The van der Waals surface area contributed by atoms with Crippen LogP contribution in [0.15, 0.2) is 40.2 Å². The van der Waals surface area contributed by atoms with Gasteiger partial charge in [-0.05, 0) is 24.6 Å². The largest absolute Gasteiger partial charge is 0.344 e. The number of aromatic amines is 1. The number of nitrogens with one attached hydrogen (secondary N) is 1. The van der Waals surface area contributed by atoms with Crippen LogP contribution in [0.25, 0.3) is 22.2 Å². The lowest BCUT2D eigenvalue weighted by Gasteiger charge is -2.17. The van der Waals surface area contributed by atoms with E-state index >= 15 is 0 Å². The number of hydrogen-bond donors (Lipinski definition) is 2. The van der Waals surface area contributed by atoms with Crippen molar-refractivity contribution in [1.82, 2.24) is 29.1 Å². The molecule has 0 spiro atoms. The monoisotopic (exact) mass is 394 g/mol. The van der Waals surface area contributed by atoms with E-state index in [0.29, 0.717) is 23.7 Å². The molecule has 0 aliphatic rings. The minimum absolute atomic E-state index is 0.0651. The highest BCUT2D eigenvalue weighted by molar-refractivity contribution is 5.75. The van der Waals surface area contributed by atoms with Gasteiger partial charge >= 0.3 is 5.69 Å². The number of hydrogen-bond acceptors (Lipinski definition) is 7. The molecule has 4 rings (SSSR count). The van der Waals surface area contributed by atoms with Gasteiger partial charge in [-0.2, -0.15) is 4.98 Å². The van der Waals surface area contributed by atoms with Crippen molar-refractivity contribution in [1.29, 1.82) is 0 Å². The number of H-pyrrole nitrogens is 1. The van der Waals surface area contributed by atoms with Gasteiger partial charge in [-0.1, -0.05) is 6.07 Å². The molecule has 0 amide bonds. The minimum atomic E-state index is -0.436. The van der Waals surface area contributed by atoms with E-state index in [0.717, 1.165) is 11.1 Å². The first-order valence-electron chi connectivity index (χ1n) is 9.21. The number of rotatable bonds is 5. The van der Waals surface area contributed by atoms with Gasteiger partial charge in [0.15, 0.2) is 11.2 Å². The molecule has 4 aromatic rings. The van der Waals surface area contributed by atoms with Crippen LogP contribution in [0.3, 0.4) is 0 Å². The zero-order valence-corrected chi connectivity index (χ0v) is 16.5. The average Bonchev–Trinajstić information content (AvgIpc) is 3.15. The Bertz CT molecular complexity index is 1320. The van der Waals surface area contributed by atoms with Gasteiger partial charge in [0.25, 0.3) is 5.56 Å². The molecular formula is C19H22N8O2. The van der Waals surface area contributed by atoms with Crippen molar-refractivity contribution in [3.63, 3.8) is 0 Å². The van der Waals surface area contributed by atoms with Gasteiger partial charge in [0.2, 0.25) is 5.95 Å². The zero-order chi connectivity index (χ0) is 20.7. The lowest BCUT2D eigenvalue weighted by atomic mass is 10.2. The summed E-state index contributed by atoms with van der Waals surface area (Å²) in [7, 11) is 3.43.